The molecule has 2 heterocycles. The Morgan fingerprint density at radius 1 is 0.594 bits per heavy atom. The van der Waals surface area contributed by atoms with Crippen LogP contribution in [0.3, 0.4) is 0 Å². The third-order valence-electron chi connectivity index (χ3n) is 6.11. The zero-order chi connectivity index (χ0) is 21.5. The maximum Gasteiger partial charge on any atom is 0.118 e. The number of ether oxygens (including phenoxy) is 1. The van der Waals surface area contributed by atoms with E-state index in [1.807, 2.05) is 36.8 Å². The van der Waals surface area contributed by atoms with Gasteiger partial charge in [-0.3, -0.25) is 9.97 Å². The highest BCUT2D eigenvalue weighted by Crippen LogP contribution is 2.44. The van der Waals surface area contributed by atoms with Gasteiger partial charge in [0.25, 0.3) is 0 Å². The van der Waals surface area contributed by atoms with Crippen LogP contribution in [0.4, 0.5) is 0 Å². The first-order valence-electron chi connectivity index (χ1n) is 10.6. The Morgan fingerprint density at radius 3 is 1.84 bits per heavy atom. The molecule has 0 unspecified atom stereocenters. The first-order chi connectivity index (χ1) is 15.8. The highest BCUT2D eigenvalue weighted by molar-refractivity contribution is 6.22. The number of aromatic nitrogens is 2. The van der Waals surface area contributed by atoms with E-state index in [0.717, 1.165) is 27.8 Å². The molecule has 4 aromatic carbocycles. The van der Waals surface area contributed by atoms with Gasteiger partial charge < -0.3 is 4.74 Å². The van der Waals surface area contributed by atoms with Crippen LogP contribution < -0.4 is 4.74 Å². The van der Waals surface area contributed by atoms with Crippen molar-refractivity contribution < 1.29 is 4.74 Å². The zero-order valence-corrected chi connectivity index (χ0v) is 17.6. The molecule has 0 saturated heterocycles. The van der Waals surface area contributed by atoms with Crippen LogP contribution in [0.2, 0.25) is 0 Å². The summed E-state index contributed by atoms with van der Waals surface area (Å²) in [6.45, 7) is 0. The molecule has 0 bridgehead atoms. The van der Waals surface area contributed by atoms with Gasteiger partial charge in [0.2, 0.25) is 0 Å². The molecule has 0 atom stereocenters. The number of pyridine rings is 2. The number of nitrogens with zero attached hydrogens (tertiary/aromatic N) is 2. The monoisotopic (exact) mass is 412 g/mol. The van der Waals surface area contributed by atoms with Gasteiger partial charge in [0.05, 0.1) is 12.8 Å². The fourth-order valence-corrected chi connectivity index (χ4v) is 4.67. The van der Waals surface area contributed by atoms with Crippen LogP contribution in [0, 0.1) is 0 Å². The Balaban J connectivity index is 1.78. The van der Waals surface area contributed by atoms with Crippen LogP contribution in [0.15, 0.2) is 104 Å². The Hall–Kier alpha value is -4.24. The van der Waals surface area contributed by atoms with Crippen molar-refractivity contribution in [2.24, 2.45) is 0 Å². The summed E-state index contributed by atoms with van der Waals surface area (Å²) < 4.78 is 5.38. The molecule has 0 aliphatic carbocycles. The average Bonchev–Trinajstić information content (AvgIpc) is 2.87. The van der Waals surface area contributed by atoms with Crippen molar-refractivity contribution in [2.75, 3.05) is 7.11 Å². The fourth-order valence-electron chi connectivity index (χ4n) is 4.67. The Morgan fingerprint density at radius 2 is 1.22 bits per heavy atom. The molecule has 0 fully saturated rings. The predicted molar refractivity (Wildman–Crippen MR) is 132 cm³/mol. The second kappa shape index (κ2) is 7.47. The van der Waals surface area contributed by atoms with E-state index in [9.17, 15) is 0 Å². The summed E-state index contributed by atoms with van der Waals surface area (Å²) in [4.78, 5) is 9.16. The number of rotatable bonds is 3. The lowest BCUT2D eigenvalue weighted by Crippen LogP contribution is -1.93. The summed E-state index contributed by atoms with van der Waals surface area (Å²) >= 11 is 0. The number of hydrogen-bond donors (Lipinski definition) is 0. The van der Waals surface area contributed by atoms with Crippen molar-refractivity contribution in [3.8, 4) is 28.1 Å². The topological polar surface area (TPSA) is 35.0 Å². The van der Waals surface area contributed by atoms with Crippen molar-refractivity contribution in [2.45, 2.75) is 0 Å². The minimum Gasteiger partial charge on any atom is -0.497 e. The number of benzene rings is 4. The third-order valence-corrected chi connectivity index (χ3v) is 6.11. The van der Waals surface area contributed by atoms with E-state index < -0.39 is 0 Å². The highest BCUT2D eigenvalue weighted by Gasteiger charge is 2.18. The highest BCUT2D eigenvalue weighted by atomic mass is 16.5. The summed E-state index contributed by atoms with van der Waals surface area (Å²) in [7, 11) is 1.70. The maximum atomic E-state index is 5.38. The van der Waals surface area contributed by atoms with Gasteiger partial charge in [0.1, 0.15) is 5.75 Å². The molecule has 0 radical (unpaired) electrons. The van der Waals surface area contributed by atoms with Crippen LogP contribution in [-0.4, -0.2) is 17.1 Å². The second-order valence-electron chi connectivity index (χ2n) is 7.83. The van der Waals surface area contributed by atoms with Gasteiger partial charge in [-0.25, -0.2) is 0 Å². The largest absolute Gasteiger partial charge is 0.497 e. The molecule has 3 heteroatoms. The molecule has 3 nitrogen and oxygen atoms in total. The normalized spacial score (nSPS) is 11.3. The van der Waals surface area contributed by atoms with Crippen LogP contribution in [0.1, 0.15) is 0 Å². The molecular formula is C29H20N2O. The molecule has 0 spiro atoms. The predicted octanol–water partition coefficient (Wildman–Crippen LogP) is 7.28. The Kier molecular flexibility index (Phi) is 4.32. The van der Waals surface area contributed by atoms with E-state index >= 15 is 0 Å². The van der Waals surface area contributed by atoms with Gasteiger partial charge in [-0.05, 0) is 56.9 Å². The van der Waals surface area contributed by atoms with E-state index in [4.69, 9.17) is 9.72 Å². The van der Waals surface area contributed by atoms with Crippen LogP contribution in [0.25, 0.3) is 54.7 Å². The van der Waals surface area contributed by atoms with E-state index in [1.165, 1.54) is 32.7 Å². The standard InChI is InChI=1S/C29H20N2O/c1-32-21-12-10-19(11-13-21)27-23-6-2-4-8-25(23)28(26-9-5-3-7-24(26)27)29-22-15-16-30-18-20(22)14-17-31-29/h2-18H,1H3. The third kappa shape index (κ3) is 2.83. The van der Waals surface area contributed by atoms with E-state index in [-0.39, 0.29) is 0 Å². The number of hydrogen-bond acceptors (Lipinski definition) is 3. The van der Waals surface area contributed by atoms with Gasteiger partial charge in [-0.15, -0.1) is 0 Å². The van der Waals surface area contributed by atoms with Gasteiger partial charge in [0.15, 0.2) is 0 Å². The van der Waals surface area contributed by atoms with Gasteiger partial charge in [0, 0.05) is 34.9 Å². The van der Waals surface area contributed by atoms with E-state index in [0.29, 0.717) is 0 Å². The fraction of sp³-hybridized carbons (Fsp3) is 0.0345. The maximum absolute atomic E-state index is 5.38. The number of methoxy groups -OCH3 is 1. The summed E-state index contributed by atoms with van der Waals surface area (Å²) in [6, 6.07) is 29.6. The minimum atomic E-state index is 0.854. The molecule has 6 rings (SSSR count). The lowest BCUT2D eigenvalue weighted by molar-refractivity contribution is 0.415. The molecule has 0 aliphatic heterocycles. The average molecular weight is 412 g/mol. The van der Waals surface area contributed by atoms with E-state index in [1.54, 1.807) is 7.11 Å². The summed E-state index contributed by atoms with van der Waals surface area (Å²) in [6.07, 6.45) is 5.61. The van der Waals surface area contributed by atoms with Crippen molar-refractivity contribution in [3.63, 3.8) is 0 Å². The molecule has 0 aliphatic rings. The zero-order valence-electron chi connectivity index (χ0n) is 17.6. The molecule has 0 saturated carbocycles. The second-order valence-corrected chi connectivity index (χ2v) is 7.83. The quantitative estimate of drug-likeness (QED) is 0.287. The van der Waals surface area contributed by atoms with Crippen molar-refractivity contribution in [3.05, 3.63) is 104 Å². The van der Waals surface area contributed by atoms with Crippen LogP contribution in [-0.2, 0) is 0 Å². The SMILES string of the molecule is COc1ccc(-c2c3ccccc3c(-c3nccc4cnccc34)c3ccccc23)cc1. The first-order valence-corrected chi connectivity index (χ1v) is 10.6. The van der Waals surface area contributed by atoms with Crippen LogP contribution >= 0.6 is 0 Å². The molecule has 32 heavy (non-hydrogen) atoms. The molecule has 0 N–H and O–H groups in total. The summed E-state index contributed by atoms with van der Waals surface area (Å²) in [5.74, 6) is 0.854. The van der Waals surface area contributed by atoms with Crippen molar-refractivity contribution >= 4 is 32.3 Å². The van der Waals surface area contributed by atoms with Crippen molar-refractivity contribution in [1.29, 1.82) is 0 Å². The minimum absolute atomic E-state index is 0.854. The molecule has 0 amide bonds. The Labute approximate surface area is 186 Å². The summed E-state index contributed by atoms with van der Waals surface area (Å²) in [5.41, 5.74) is 4.54. The van der Waals surface area contributed by atoms with Gasteiger partial charge in [-0.2, -0.15) is 0 Å². The lowest BCUT2D eigenvalue weighted by Gasteiger charge is -2.18. The van der Waals surface area contributed by atoms with Gasteiger partial charge in [-0.1, -0.05) is 60.7 Å². The summed E-state index contributed by atoms with van der Waals surface area (Å²) in [5, 5.41) is 6.99. The first kappa shape index (κ1) is 18.5. The van der Waals surface area contributed by atoms with Gasteiger partial charge >= 0.3 is 0 Å². The smallest absolute Gasteiger partial charge is 0.118 e. The molecule has 2 aromatic heterocycles. The molecular weight excluding hydrogens is 392 g/mol. The Bertz CT molecular complexity index is 1540. The number of fused-ring (bicyclic) bond motifs is 3. The molecule has 152 valence electrons. The van der Waals surface area contributed by atoms with Crippen LogP contribution in [0.5, 0.6) is 5.75 Å². The van der Waals surface area contributed by atoms with E-state index in [2.05, 4.69) is 71.7 Å². The molecule has 6 aromatic rings. The van der Waals surface area contributed by atoms with Crippen molar-refractivity contribution in [1.82, 2.24) is 9.97 Å². The lowest BCUT2D eigenvalue weighted by atomic mass is 9.86.